The molecular weight excluding hydrogens is 288 g/mol. The van der Waals surface area contributed by atoms with Crippen LogP contribution in [0.3, 0.4) is 0 Å². The van der Waals surface area contributed by atoms with Gasteiger partial charge in [0.1, 0.15) is 10.6 Å². The minimum Gasteiger partial charge on any atom is -0.480 e. The zero-order chi connectivity index (χ0) is 12.8. The van der Waals surface area contributed by atoms with Crippen molar-refractivity contribution in [3.8, 4) is 0 Å². The molecule has 92 valence electrons. The fraction of sp³-hybridized carbons (Fsp3) is 0.364. The molecule has 2 N–H and O–H groups in total. The fourth-order valence-corrected chi connectivity index (χ4v) is 1.77. The Hall–Kier alpha value is -1.43. The van der Waals surface area contributed by atoms with Crippen LogP contribution in [0, 0.1) is 0 Å². The molecule has 0 bridgehead atoms. The number of halogens is 1. The third-order valence-corrected chi connectivity index (χ3v) is 2.82. The summed E-state index contributed by atoms with van der Waals surface area (Å²) in [5.74, 6) is -1.47. The summed E-state index contributed by atoms with van der Waals surface area (Å²) in [4.78, 5) is 26.6. The molecule has 1 aromatic rings. The van der Waals surface area contributed by atoms with Crippen LogP contribution in [0.2, 0.25) is 0 Å². The van der Waals surface area contributed by atoms with E-state index in [2.05, 4.69) is 26.2 Å². The summed E-state index contributed by atoms with van der Waals surface area (Å²) in [5, 5.41) is 11.4. The second-order valence-corrected chi connectivity index (χ2v) is 4.25. The highest BCUT2D eigenvalue weighted by Crippen LogP contribution is 2.12. The van der Waals surface area contributed by atoms with Gasteiger partial charge in [0, 0.05) is 6.20 Å². The number of hydrogen-bond acceptors (Lipinski definition) is 3. The van der Waals surface area contributed by atoms with Crippen LogP contribution >= 0.6 is 15.9 Å². The van der Waals surface area contributed by atoms with E-state index in [9.17, 15) is 9.59 Å². The van der Waals surface area contributed by atoms with Crippen LogP contribution in [-0.4, -0.2) is 28.0 Å². The normalized spacial score (nSPS) is 11.9. The zero-order valence-corrected chi connectivity index (χ0v) is 10.9. The lowest BCUT2D eigenvalue weighted by molar-refractivity contribution is -0.139. The van der Waals surface area contributed by atoms with E-state index in [1.165, 1.54) is 0 Å². The average molecular weight is 301 g/mol. The van der Waals surface area contributed by atoms with Crippen LogP contribution < -0.4 is 5.32 Å². The van der Waals surface area contributed by atoms with E-state index in [0.717, 1.165) is 0 Å². The van der Waals surface area contributed by atoms with Crippen LogP contribution in [0.4, 0.5) is 0 Å². The maximum absolute atomic E-state index is 11.8. The number of nitrogens with zero attached hydrogens (tertiary/aromatic N) is 1. The van der Waals surface area contributed by atoms with Crippen molar-refractivity contribution in [2.75, 3.05) is 0 Å². The second-order valence-electron chi connectivity index (χ2n) is 3.49. The van der Waals surface area contributed by atoms with Gasteiger partial charge in [0.2, 0.25) is 0 Å². The predicted molar refractivity (Wildman–Crippen MR) is 65.7 cm³/mol. The topological polar surface area (TPSA) is 79.3 Å². The summed E-state index contributed by atoms with van der Waals surface area (Å²) in [5.41, 5.74) is 0.329. The summed E-state index contributed by atoms with van der Waals surface area (Å²) in [6, 6.07) is 2.34. The Morgan fingerprint density at radius 2 is 2.29 bits per heavy atom. The molecule has 0 saturated heterocycles. The van der Waals surface area contributed by atoms with Crippen LogP contribution in [0.25, 0.3) is 0 Å². The lowest BCUT2D eigenvalue weighted by Gasteiger charge is -2.13. The predicted octanol–water partition coefficient (Wildman–Crippen LogP) is 1.83. The Labute approximate surface area is 107 Å². The Morgan fingerprint density at radius 3 is 2.82 bits per heavy atom. The van der Waals surface area contributed by atoms with Gasteiger partial charge in [0.05, 0.1) is 5.56 Å². The first-order valence-electron chi connectivity index (χ1n) is 5.20. The smallest absolute Gasteiger partial charge is 0.326 e. The van der Waals surface area contributed by atoms with Gasteiger partial charge in [-0.05, 0) is 34.5 Å². The first-order valence-corrected chi connectivity index (χ1v) is 5.99. The Morgan fingerprint density at radius 1 is 1.59 bits per heavy atom. The highest BCUT2D eigenvalue weighted by atomic mass is 79.9. The van der Waals surface area contributed by atoms with E-state index >= 15 is 0 Å². The molecule has 1 heterocycles. The van der Waals surface area contributed by atoms with Gasteiger partial charge in [-0.25, -0.2) is 9.78 Å². The molecule has 0 aliphatic heterocycles. The Balaban J connectivity index is 2.77. The molecule has 0 saturated carbocycles. The van der Waals surface area contributed by atoms with Crippen molar-refractivity contribution in [2.45, 2.75) is 25.8 Å². The van der Waals surface area contributed by atoms with Crippen molar-refractivity contribution in [1.82, 2.24) is 10.3 Å². The molecule has 0 aromatic carbocycles. The molecule has 1 rings (SSSR count). The number of pyridine rings is 1. The standard InChI is InChI=1S/C11H13BrN2O3/c1-2-4-8(11(16)17)14-10(15)7-5-3-6-13-9(7)12/h3,5-6,8H,2,4H2,1H3,(H,14,15)(H,16,17). The average Bonchev–Trinajstić information content (AvgIpc) is 2.28. The van der Waals surface area contributed by atoms with Crippen LogP contribution in [-0.2, 0) is 4.79 Å². The lowest BCUT2D eigenvalue weighted by atomic mass is 10.1. The van der Waals surface area contributed by atoms with Gasteiger partial charge in [-0.15, -0.1) is 0 Å². The van der Waals surface area contributed by atoms with E-state index in [-0.39, 0.29) is 0 Å². The molecule has 1 atom stereocenters. The maximum Gasteiger partial charge on any atom is 0.326 e. The highest BCUT2D eigenvalue weighted by molar-refractivity contribution is 9.10. The second kappa shape index (κ2) is 6.34. The summed E-state index contributed by atoms with van der Waals surface area (Å²) in [6.45, 7) is 1.86. The fourth-order valence-electron chi connectivity index (χ4n) is 1.34. The Bertz CT molecular complexity index is 423. The van der Waals surface area contributed by atoms with Gasteiger partial charge in [-0.1, -0.05) is 13.3 Å². The van der Waals surface area contributed by atoms with E-state index in [0.29, 0.717) is 23.0 Å². The summed E-state index contributed by atoms with van der Waals surface area (Å²) in [6.07, 6.45) is 2.63. The zero-order valence-electron chi connectivity index (χ0n) is 9.31. The number of hydrogen-bond donors (Lipinski definition) is 2. The minimum absolute atomic E-state index is 0.329. The first kappa shape index (κ1) is 13.6. The van der Waals surface area contributed by atoms with Crippen molar-refractivity contribution in [3.63, 3.8) is 0 Å². The number of carbonyl (C=O) groups excluding carboxylic acids is 1. The lowest BCUT2D eigenvalue weighted by Crippen LogP contribution is -2.40. The van der Waals surface area contributed by atoms with Crippen molar-refractivity contribution in [2.24, 2.45) is 0 Å². The highest BCUT2D eigenvalue weighted by Gasteiger charge is 2.20. The quantitative estimate of drug-likeness (QED) is 0.813. The monoisotopic (exact) mass is 300 g/mol. The number of aliphatic carboxylic acids is 1. The number of amides is 1. The summed E-state index contributed by atoms with van der Waals surface area (Å²) >= 11 is 3.14. The number of rotatable bonds is 5. The van der Waals surface area contributed by atoms with Crippen molar-refractivity contribution >= 4 is 27.8 Å². The van der Waals surface area contributed by atoms with Gasteiger partial charge < -0.3 is 10.4 Å². The van der Waals surface area contributed by atoms with Crippen LogP contribution in [0.1, 0.15) is 30.1 Å². The van der Waals surface area contributed by atoms with Crippen LogP contribution in [0.5, 0.6) is 0 Å². The number of carboxylic acid groups (broad SMARTS) is 1. The van der Waals surface area contributed by atoms with Gasteiger partial charge in [0.25, 0.3) is 5.91 Å². The summed E-state index contributed by atoms with van der Waals surface area (Å²) < 4.78 is 0.401. The van der Waals surface area contributed by atoms with E-state index in [1.807, 2.05) is 6.92 Å². The van der Waals surface area contributed by atoms with Gasteiger partial charge in [-0.2, -0.15) is 0 Å². The van der Waals surface area contributed by atoms with Gasteiger partial charge in [0.15, 0.2) is 0 Å². The third-order valence-electron chi connectivity index (χ3n) is 2.18. The molecule has 5 nitrogen and oxygen atoms in total. The molecule has 6 heteroatoms. The van der Waals surface area contributed by atoms with E-state index in [4.69, 9.17) is 5.11 Å². The van der Waals surface area contributed by atoms with Crippen LogP contribution in [0.15, 0.2) is 22.9 Å². The SMILES string of the molecule is CCCC(NC(=O)c1cccnc1Br)C(=O)O. The number of nitrogens with one attached hydrogen (secondary N) is 1. The molecule has 0 radical (unpaired) electrons. The molecule has 1 unspecified atom stereocenters. The van der Waals surface area contributed by atoms with Crippen molar-refractivity contribution in [3.05, 3.63) is 28.5 Å². The third kappa shape index (κ3) is 3.81. The van der Waals surface area contributed by atoms with Crippen molar-refractivity contribution < 1.29 is 14.7 Å². The van der Waals surface area contributed by atoms with E-state index < -0.39 is 17.9 Å². The van der Waals surface area contributed by atoms with Gasteiger partial charge in [-0.3, -0.25) is 4.79 Å². The number of carboxylic acids is 1. The molecule has 0 aliphatic rings. The van der Waals surface area contributed by atoms with E-state index in [1.54, 1.807) is 18.3 Å². The molecule has 0 spiro atoms. The molecule has 0 fully saturated rings. The first-order chi connectivity index (χ1) is 8.06. The Kier molecular flexibility index (Phi) is 5.09. The summed E-state index contributed by atoms with van der Waals surface area (Å²) in [7, 11) is 0. The van der Waals surface area contributed by atoms with Crippen molar-refractivity contribution in [1.29, 1.82) is 0 Å². The molecule has 1 aromatic heterocycles. The maximum atomic E-state index is 11.8. The number of aromatic nitrogens is 1. The molecule has 1 amide bonds. The molecule has 17 heavy (non-hydrogen) atoms. The molecular formula is C11H13BrN2O3. The van der Waals surface area contributed by atoms with Gasteiger partial charge >= 0.3 is 5.97 Å². The minimum atomic E-state index is -1.03. The largest absolute Gasteiger partial charge is 0.480 e. The number of carbonyl (C=O) groups is 2. The molecule has 0 aliphatic carbocycles.